The third-order valence-corrected chi connectivity index (χ3v) is 8.05. The molecular weight excluding hydrogens is 520 g/mol. The zero-order valence-electron chi connectivity index (χ0n) is 20.9. The number of amides is 1. The Morgan fingerprint density at radius 1 is 1.10 bits per heavy atom. The molecule has 9 nitrogen and oxygen atoms in total. The number of carbonyl (C=O) groups is 3. The summed E-state index contributed by atoms with van der Waals surface area (Å²) in [4.78, 5) is 38.4. The van der Waals surface area contributed by atoms with Crippen molar-refractivity contribution in [3.8, 4) is 17.6 Å². The van der Waals surface area contributed by atoms with E-state index in [1.54, 1.807) is 6.07 Å². The van der Waals surface area contributed by atoms with Crippen molar-refractivity contribution in [2.45, 2.75) is 24.9 Å². The highest BCUT2D eigenvalue weighted by molar-refractivity contribution is 8.14. The number of hydrogen-bond acceptors (Lipinski definition) is 8. The fourth-order valence-electron chi connectivity index (χ4n) is 5.70. The molecule has 10 heteroatoms. The van der Waals surface area contributed by atoms with E-state index in [1.165, 1.54) is 6.07 Å². The number of nitrogens with one attached hydrogen (secondary N) is 1. The van der Waals surface area contributed by atoms with Gasteiger partial charge in [-0.1, -0.05) is 17.7 Å². The second-order valence-electron chi connectivity index (χ2n) is 9.96. The molecule has 39 heavy (non-hydrogen) atoms. The van der Waals surface area contributed by atoms with Gasteiger partial charge in [0.15, 0.2) is 11.4 Å². The zero-order chi connectivity index (χ0) is 28.2. The van der Waals surface area contributed by atoms with Crippen molar-refractivity contribution in [2.24, 2.45) is 17.6 Å². The van der Waals surface area contributed by atoms with Gasteiger partial charge in [0, 0.05) is 34.7 Å². The highest BCUT2D eigenvalue weighted by atomic mass is 32.2. The minimum Gasteiger partial charge on any atom is -0.511 e. The summed E-state index contributed by atoms with van der Waals surface area (Å²) in [7, 11) is -0.218. The molecule has 0 saturated heterocycles. The summed E-state index contributed by atoms with van der Waals surface area (Å²) in [5.41, 5.74) is 4.22. The summed E-state index contributed by atoms with van der Waals surface area (Å²) < 4.78 is 3.22. The van der Waals surface area contributed by atoms with Crippen LogP contribution in [0.5, 0.6) is 5.75 Å². The van der Waals surface area contributed by atoms with Gasteiger partial charge in [-0.15, -0.1) is 10.7 Å². The third-order valence-electron chi connectivity index (χ3n) is 7.46. The number of aliphatic hydroxyl groups is 3. The molecule has 0 bridgehead atoms. The van der Waals surface area contributed by atoms with Gasteiger partial charge < -0.3 is 30.9 Å². The Labute approximate surface area is 226 Å². The van der Waals surface area contributed by atoms with Crippen LogP contribution in [0.15, 0.2) is 59.1 Å². The first-order chi connectivity index (χ1) is 18.4. The van der Waals surface area contributed by atoms with Crippen LogP contribution < -0.4 is 10.5 Å². The summed E-state index contributed by atoms with van der Waals surface area (Å²) >= 11 is 0. The highest BCUT2D eigenvalue weighted by Crippen LogP contribution is 2.51. The minimum atomic E-state index is -2.59. The van der Waals surface area contributed by atoms with E-state index >= 15 is 0 Å². The number of nitrogens with two attached hydrogens (primary N) is 1. The van der Waals surface area contributed by atoms with Crippen LogP contribution in [0.2, 0.25) is 0 Å². The van der Waals surface area contributed by atoms with Crippen molar-refractivity contribution in [3.63, 3.8) is 0 Å². The normalized spacial score (nSPS) is 24.7. The van der Waals surface area contributed by atoms with Crippen molar-refractivity contribution >= 4 is 39.7 Å². The molecule has 3 aliphatic carbocycles. The average Bonchev–Trinajstić information content (AvgIpc) is 2.86. The molecule has 0 heterocycles. The number of phenolic OH excluding ortho intramolecular Hbond substituents is 1. The molecule has 1 amide bonds. The quantitative estimate of drug-likeness (QED) is 0.194. The highest BCUT2D eigenvalue weighted by Gasteiger charge is 2.59. The number of carbonyl (C=O) groups excluding carboxylic acids is 3. The van der Waals surface area contributed by atoms with E-state index in [0.717, 1.165) is 11.3 Å². The number of rotatable bonds is 3. The van der Waals surface area contributed by atoms with Gasteiger partial charge in [-0.05, 0) is 67.0 Å². The molecule has 7 N–H and O–H groups in total. The van der Waals surface area contributed by atoms with E-state index < -0.39 is 52.0 Å². The van der Waals surface area contributed by atoms with Crippen molar-refractivity contribution < 1.29 is 34.8 Å². The van der Waals surface area contributed by atoms with Crippen LogP contribution in [0.3, 0.4) is 0 Å². The predicted octanol–water partition coefficient (Wildman–Crippen LogP) is 2.64. The molecule has 0 aliphatic heterocycles. The molecule has 2 aromatic carbocycles. The Morgan fingerprint density at radius 3 is 2.44 bits per heavy atom. The van der Waals surface area contributed by atoms with Gasteiger partial charge >= 0.3 is 0 Å². The van der Waals surface area contributed by atoms with Crippen LogP contribution in [-0.2, 0) is 16.0 Å². The van der Waals surface area contributed by atoms with E-state index in [2.05, 4.69) is 22.4 Å². The van der Waals surface area contributed by atoms with Crippen molar-refractivity contribution in [1.82, 2.24) is 0 Å². The topological polar surface area (TPSA) is 170 Å². The maximum absolute atomic E-state index is 13.6. The molecule has 0 saturated carbocycles. The lowest BCUT2D eigenvalue weighted by Crippen LogP contribution is -2.57. The molecule has 0 fully saturated rings. The maximum Gasteiger partial charge on any atom is 0.255 e. The predicted molar refractivity (Wildman–Crippen MR) is 147 cm³/mol. The van der Waals surface area contributed by atoms with Crippen LogP contribution in [0.1, 0.15) is 39.9 Å². The molecule has 0 aromatic heterocycles. The fraction of sp³-hybridized carbons (Fsp3) is 0.241. The number of allylic oxidation sites excluding steroid dienone is 2. The molecule has 0 radical (unpaired) electrons. The van der Waals surface area contributed by atoms with E-state index in [4.69, 9.17) is 5.73 Å². The summed E-state index contributed by atoms with van der Waals surface area (Å²) in [6, 6.07) is 10.4. The summed E-state index contributed by atoms with van der Waals surface area (Å²) in [6.07, 6.45) is 1.93. The molecule has 4 atom stereocenters. The van der Waals surface area contributed by atoms with E-state index in [9.17, 15) is 34.8 Å². The Kier molecular flexibility index (Phi) is 6.37. The molecule has 2 aromatic rings. The number of benzene rings is 2. The first-order valence-electron chi connectivity index (χ1n) is 12.1. The van der Waals surface area contributed by atoms with Crippen LogP contribution in [0.25, 0.3) is 0 Å². The number of phenols is 1. The third kappa shape index (κ3) is 4.20. The lowest BCUT2D eigenvalue weighted by Gasteiger charge is -2.45. The number of Topliss-reactive ketones (excluding diaryl/α,β-unsaturated/α-hetero) is 2. The summed E-state index contributed by atoms with van der Waals surface area (Å²) in [6.45, 7) is 0. The number of aromatic hydroxyl groups is 1. The first kappa shape index (κ1) is 26.3. The Balaban J connectivity index is 1.55. The second kappa shape index (κ2) is 9.45. The Bertz CT molecular complexity index is 1610. The van der Waals surface area contributed by atoms with Crippen LogP contribution in [-0.4, -0.2) is 55.6 Å². The van der Waals surface area contributed by atoms with E-state index in [0.29, 0.717) is 11.1 Å². The van der Waals surface area contributed by atoms with Crippen LogP contribution in [0, 0.1) is 23.7 Å². The van der Waals surface area contributed by atoms with Crippen LogP contribution >= 0.6 is 10.7 Å². The number of ketones is 2. The van der Waals surface area contributed by atoms with Gasteiger partial charge in [0.2, 0.25) is 5.78 Å². The number of hydrogen-bond donors (Lipinski definition) is 6. The fourth-order valence-corrected chi connectivity index (χ4v) is 6.24. The summed E-state index contributed by atoms with van der Waals surface area (Å²) in [5.74, 6) is 3.47. The molecule has 200 valence electrons. The largest absolute Gasteiger partial charge is 0.511 e. The monoisotopic (exact) mass is 546 g/mol. The van der Waals surface area contributed by atoms with Crippen molar-refractivity contribution in [2.75, 3.05) is 11.0 Å². The van der Waals surface area contributed by atoms with Crippen molar-refractivity contribution in [3.05, 3.63) is 81.3 Å². The van der Waals surface area contributed by atoms with Crippen molar-refractivity contribution in [1.29, 1.82) is 0 Å². The average molecular weight is 547 g/mol. The van der Waals surface area contributed by atoms with Gasteiger partial charge in [0.25, 0.3) is 5.91 Å². The summed E-state index contributed by atoms with van der Waals surface area (Å²) in [5, 5.41) is 43.3. The van der Waals surface area contributed by atoms with Gasteiger partial charge in [-0.2, -0.15) is 0 Å². The minimum absolute atomic E-state index is 0.0608. The van der Waals surface area contributed by atoms with Crippen LogP contribution in [0.4, 0.5) is 5.69 Å². The Hall–Kier alpha value is -4.33. The van der Waals surface area contributed by atoms with Gasteiger partial charge in [-0.25, -0.2) is 0 Å². The second-order valence-corrected chi connectivity index (χ2v) is 11.4. The maximum atomic E-state index is 13.6. The lowest BCUT2D eigenvalue weighted by atomic mass is 9.60. The smallest absolute Gasteiger partial charge is 0.255 e. The van der Waals surface area contributed by atoms with E-state index in [1.807, 2.05) is 30.5 Å². The number of fused-ring (bicyclic) bond motifs is 3. The number of anilines is 1. The molecule has 5 rings (SSSR count). The lowest BCUT2D eigenvalue weighted by molar-refractivity contribution is -0.144. The first-order valence-corrected chi connectivity index (χ1v) is 13.9. The van der Waals surface area contributed by atoms with Gasteiger partial charge in [0.05, 0.1) is 5.56 Å². The number of aliphatic hydroxyl groups excluding tert-OH is 2. The SMILES string of the molecule is C=S(C)Nc1ccc(C#Cc2ccc(O)c3c2C[C@H]2C[C@H]4CC(O)=C(C(N)=O)C(=O)[C@@]4(O)C(O)=C2C3=O)cc1. The zero-order valence-corrected chi connectivity index (χ0v) is 21.8. The van der Waals surface area contributed by atoms with E-state index in [-0.39, 0.29) is 46.8 Å². The molecule has 3 aliphatic rings. The Morgan fingerprint density at radius 2 is 1.79 bits per heavy atom. The molecular formula is C29H26N2O7S. The van der Waals surface area contributed by atoms with Gasteiger partial charge in [-0.3, -0.25) is 14.4 Å². The molecule has 0 spiro atoms. The standard InChI is InChI=1S/C29H26N2O7S/c1-39(2)31-18-8-4-14(5-9-18)3-6-15-7-10-20(32)23-19(15)12-16-11-17-13-21(33)24(28(30)37)27(36)29(17,38)26(35)22(16)25(23)34/h4-5,7-10,16-17,31-33,35,38H,1,11-13H2,2H3,(H2,30,37)/t16-,17+,29+,39?/m1/s1. The van der Waals surface area contributed by atoms with Gasteiger partial charge in [0.1, 0.15) is 22.8 Å². The number of primary amides is 1. The molecule has 1 unspecified atom stereocenters.